The van der Waals surface area contributed by atoms with E-state index in [9.17, 15) is 20.0 Å². The fourth-order valence-electron chi connectivity index (χ4n) is 3.70. The molecule has 0 aliphatic carbocycles. The lowest BCUT2D eigenvalue weighted by Crippen LogP contribution is -2.29. The summed E-state index contributed by atoms with van der Waals surface area (Å²) in [5.74, 6) is -2.41. The standard InChI is InChI=1S/C21H19N9O4/c1-11(15(18-26-28-30(3)27-18)14-7-5-4-6-12(14)8-22)19-25-16(17(31)21(33)29(19)2)20(32)24-13-9-23-34-10-13/h4-7,9-11,15,31H,1-3H3,(H,24,32). The van der Waals surface area contributed by atoms with Crippen LogP contribution in [0, 0.1) is 11.3 Å². The maximum absolute atomic E-state index is 12.8. The average molecular weight is 461 g/mol. The Balaban J connectivity index is 1.85. The molecule has 4 aromatic rings. The Bertz CT molecular complexity index is 1450. The minimum Gasteiger partial charge on any atom is -0.501 e. The molecule has 2 unspecified atom stereocenters. The highest BCUT2D eigenvalue weighted by molar-refractivity contribution is 6.04. The Morgan fingerprint density at radius 3 is 2.71 bits per heavy atom. The van der Waals surface area contributed by atoms with E-state index in [1.807, 2.05) is 0 Å². The van der Waals surface area contributed by atoms with E-state index in [0.717, 1.165) is 4.57 Å². The Hall–Kier alpha value is -4.86. The molecule has 3 aromatic heterocycles. The number of hydrogen-bond donors (Lipinski definition) is 2. The van der Waals surface area contributed by atoms with Crippen molar-refractivity contribution in [3.8, 4) is 11.8 Å². The number of nitrogens with one attached hydrogen (secondary N) is 1. The van der Waals surface area contributed by atoms with E-state index in [1.165, 1.54) is 24.3 Å². The molecule has 13 nitrogen and oxygen atoms in total. The van der Waals surface area contributed by atoms with Crippen molar-refractivity contribution in [3.63, 3.8) is 0 Å². The number of hydrogen-bond acceptors (Lipinski definition) is 10. The second kappa shape index (κ2) is 8.94. The van der Waals surface area contributed by atoms with E-state index in [-0.39, 0.29) is 11.5 Å². The van der Waals surface area contributed by atoms with Gasteiger partial charge in [0, 0.05) is 13.0 Å². The van der Waals surface area contributed by atoms with Crippen molar-refractivity contribution in [2.75, 3.05) is 5.32 Å². The fourth-order valence-corrected chi connectivity index (χ4v) is 3.70. The molecule has 4 rings (SSSR count). The summed E-state index contributed by atoms with van der Waals surface area (Å²) in [6.45, 7) is 1.76. The Morgan fingerprint density at radius 1 is 1.29 bits per heavy atom. The van der Waals surface area contributed by atoms with Crippen molar-refractivity contribution in [1.82, 2.24) is 34.9 Å². The van der Waals surface area contributed by atoms with Gasteiger partial charge in [-0.1, -0.05) is 30.3 Å². The Kier molecular flexibility index (Phi) is 5.88. The summed E-state index contributed by atoms with van der Waals surface area (Å²) in [7, 11) is 3.04. The lowest BCUT2D eigenvalue weighted by Gasteiger charge is -2.24. The molecule has 0 spiro atoms. The number of amides is 1. The molecule has 0 fully saturated rings. The average Bonchev–Trinajstić information content (AvgIpc) is 3.50. The number of aryl methyl sites for hydroxylation is 1. The van der Waals surface area contributed by atoms with Crippen LogP contribution in [0.1, 0.15) is 52.0 Å². The first-order valence-electron chi connectivity index (χ1n) is 10.0. The van der Waals surface area contributed by atoms with Crippen LogP contribution in [0.25, 0.3) is 0 Å². The molecule has 0 aliphatic heterocycles. The third-order valence-corrected chi connectivity index (χ3v) is 5.33. The van der Waals surface area contributed by atoms with Crippen molar-refractivity contribution in [2.45, 2.75) is 18.8 Å². The van der Waals surface area contributed by atoms with E-state index in [1.54, 1.807) is 38.2 Å². The van der Waals surface area contributed by atoms with E-state index in [4.69, 9.17) is 0 Å². The quantitative estimate of drug-likeness (QED) is 0.422. The van der Waals surface area contributed by atoms with E-state index in [2.05, 4.69) is 41.5 Å². The normalized spacial score (nSPS) is 12.6. The molecule has 34 heavy (non-hydrogen) atoms. The van der Waals surface area contributed by atoms with Gasteiger partial charge in [-0.2, -0.15) is 10.1 Å². The topological polar surface area (TPSA) is 178 Å². The van der Waals surface area contributed by atoms with Crippen molar-refractivity contribution >= 4 is 11.6 Å². The number of tetrazole rings is 1. The van der Waals surface area contributed by atoms with Crippen LogP contribution in [0.5, 0.6) is 5.75 Å². The number of rotatable bonds is 6. The maximum Gasteiger partial charge on any atom is 0.296 e. The summed E-state index contributed by atoms with van der Waals surface area (Å²) in [4.78, 5) is 31.2. The van der Waals surface area contributed by atoms with Gasteiger partial charge < -0.3 is 14.9 Å². The molecular weight excluding hydrogens is 442 g/mol. The molecular formula is C21H19N9O4. The molecule has 1 aromatic carbocycles. The number of carbonyl (C=O) groups excluding carboxylic acids is 1. The number of aromatic nitrogens is 7. The van der Waals surface area contributed by atoms with Crippen LogP contribution in [0.4, 0.5) is 5.69 Å². The lowest BCUT2D eigenvalue weighted by molar-refractivity contribution is 0.101. The number of nitriles is 1. The van der Waals surface area contributed by atoms with Gasteiger partial charge in [-0.15, -0.1) is 10.2 Å². The van der Waals surface area contributed by atoms with Crippen LogP contribution in [-0.4, -0.2) is 45.9 Å². The van der Waals surface area contributed by atoms with Crippen molar-refractivity contribution in [1.29, 1.82) is 5.26 Å². The molecule has 13 heteroatoms. The molecule has 0 bridgehead atoms. The largest absolute Gasteiger partial charge is 0.501 e. The number of anilines is 1. The van der Waals surface area contributed by atoms with Crippen molar-refractivity contribution in [3.05, 3.63) is 75.5 Å². The number of benzene rings is 1. The minimum atomic E-state index is -0.821. The van der Waals surface area contributed by atoms with Crippen LogP contribution in [0.2, 0.25) is 0 Å². The highest BCUT2D eigenvalue weighted by Gasteiger charge is 2.33. The number of carbonyl (C=O) groups is 1. The minimum absolute atomic E-state index is 0.170. The van der Waals surface area contributed by atoms with E-state index >= 15 is 0 Å². The van der Waals surface area contributed by atoms with Crippen LogP contribution < -0.4 is 10.9 Å². The zero-order chi connectivity index (χ0) is 24.4. The predicted octanol–water partition coefficient (Wildman–Crippen LogP) is 1.06. The fraction of sp³-hybridized carbons (Fsp3) is 0.238. The maximum atomic E-state index is 12.8. The van der Waals surface area contributed by atoms with E-state index in [0.29, 0.717) is 17.0 Å². The van der Waals surface area contributed by atoms with Crippen molar-refractivity contribution < 1.29 is 14.4 Å². The number of aromatic hydroxyl groups is 1. The van der Waals surface area contributed by atoms with Crippen LogP contribution >= 0.6 is 0 Å². The Labute approximate surface area is 192 Å². The Morgan fingerprint density at radius 2 is 2.06 bits per heavy atom. The zero-order valence-corrected chi connectivity index (χ0v) is 18.4. The molecule has 0 saturated heterocycles. The van der Waals surface area contributed by atoms with Gasteiger partial charge in [0.05, 0.1) is 30.8 Å². The molecule has 2 N–H and O–H groups in total. The molecule has 0 aliphatic rings. The van der Waals surface area contributed by atoms with Crippen LogP contribution in [-0.2, 0) is 14.1 Å². The number of nitrogens with zero attached hydrogens (tertiary/aromatic N) is 8. The summed E-state index contributed by atoms with van der Waals surface area (Å²) in [6, 6.07) is 9.08. The van der Waals surface area contributed by atoms with Gasteiger partial charge in [0.1, 0.15) is 17.8 Å². The lowest BCUT2D eigenvalue weighted by atomic mass is 9.83. The molecule has 172 valence electrons. The monoisotopic (exact) mass is 461 g/mol. The third-order valence-electron chi connectivity index (χ3n) is 5.33. The van der Waals surface area contributed by atoms with Gasteiger partial charge in [-0.05, 0) is 16.8 Å². The highest BCUT2D eigenvalue weighted by Crippen LogP contribution is 2.37. The SMILES string of the molecule is CC(c1nc(C(=O)Nc2cnoc2)c(O)c(=O)n1C)C(c1nnn(C)n1)c1ccccc1C#N. The first kappa shape index (κ1) is 22.3. The zero-order valence-electron chi connectivity index (χ0n) is 18.4. The molecule has 0 radical (unpaired) electrons. The van der Waals surface area contributed by atoms with Crippen molar-refractivity contribution in [2.24, 2.45) is 14.1 Å². The first-order chi connectivity index (χ1) is 16.3. The van der Waals surface area contributed by atoms with Gasteiger partial charge in [-0.25, -0.2) is 4.98 Å². The van der Waals surface area contributed by atoms with Gasteiger partial charge in [0.2, 0.25) is 5.75 Å². The summed E-state index contributed by atoms with van der Waals surface area (Å²) < 4.78 is 5.83. The molecule has 3 heterocycles. The third kappa shape index (κ3) is 3.99. The summed E-state index contributed by atoms with van der Waals surface area (Å²) >= 11 is 0. The highest BCUT2D eigenvalue weighted by atomic mass is 16.5. The van der Waals surface area contributed by atoms with Crippen LogP contribution in [0.3, 0.4) is 0 Å². The van der Waals surface area contributed by atoms with Gasteiger partial charge in [0.15, 0.2) is 11.5 Å². The smallest absolute Gasteiger partial charge is 0.296 e. The van der Waals surface area contributed by atoms with Gasteiger partial charge in [-0.3, -0.25) is 14.2 Å². The van der Waals surface area contributed by atoms with E-state index < -0.39 is 34.7 Å². The second-order valence-electron chi connectivity index (χ2n) is 7.50. The first-order valence-corrected chi connectivity index (χ1v) is 10.0. The molecule has 0 saturated carbocycles. The summed E-state index contributed by atoms with van der Waals surface area (Å²) in [6.07, 6.45) is 2.45. The molecule has 2 atom stereocenters. The summed E-state index contributed by atoms with van der Waals surface area (Å²) in [5.41, 5.74) is -0.0623. The van der Waals surface area contributed by atoms with Crippen LogP contribution in [0.15, 0.2) is 46.0 Å². The molecule has 1 amide bonds. The predicted molar refractivity (Wildman–Crippen MR) is 116 cm³/mol. The van der Waals surface area contributed by atoms with Gasteiger partial charge >= 0.3 is 0 Å². The summed E-state index contributed by atoms with van der Waals surface area (Å²) in [5, 5.41) is 38.3. The second-order valence-corrected chi connectivity index (χ2v) is 7.50. The van der Waals surface area contributed by atoms with Gasteiger partial charge in [0.25, 0.3) is 11.5 Å².